The monoisotopic (exact) mass is 413 g/mol. The van der Waals surface area contributed by atoms with Crippen molar-refractivity contribution in [2.75, 3.05) is 6.54 Å². The molecule has 5 rings (SSSR count). The van der Waals surface area contributed by atoms with Crippen LogP contribution in [0.2, 0.25) is 0 Å². The van der Waals surface area contributed by atoms with Crippen LogP contribution in [0.3, 0.4) is 0 Å². The van der Waals surface area contributed by atoms with Crippen molar-refractivity contribution in [3.05, 3.63) is 78.8 Å². The van der Waals surface area contributed by atoms with Crippen LogP contribution in [0.5, 0.6) is 5.88 Å². The molecule has 2 aromatic carbocycles. The predicted octanol–water partition coefficient (Wildman–Crippen LogP) is 3.89. The minimum atomic E-state index is -0.117. The largest absolute Gasteiger partial charge is 0.472 e. The Morgan fingerprint density at radius 3 is 2.61 bits per heavy atom. The van der Waals surface area contributed by atoms with Crippen LogP contribution >= 0.6 is 0 Å². The highest BCUT2D eigenvalue weighted by molar-refractivity contribution is 5.98. The Balaban J connectivity index is 1.40. The second-order valence-corrected chi connectivity index (χ2v) is 7.80. The van der Waals surface area contributed by atoms with Gasteiger partial charge in [-0.2, -0.15) is 15.0 Å². The van der Waals surface area contributed by atoms with Gasteiger partial charge in [-0.3, -0.25) is 4.79 Å². The number of nitrogens with zero attached hydrogens (tertiary/aromatic N) is 5. The van der Waals surface area contributed by atoms with E-state index in [9.17, 15) is 4.79 Å². The van der Waals surface area contributed by atoms with Gasteiger partial charge in [-0.05, 0) is 49.4 Å². The lowest BCUT2D eigenvalue weighted by molar-refractivity contribution is 0.0377. The summed E-state index contributed by atoms with van der Waals surface area (Å²) in [5.41, 5.74) is 1.25. The number of piperidine rings is 1. The fourth-order valence-corrected chi connectivity index (χ4v) is 4.12. The van der Waals surface area contributed by atoms with Gasteiger partial charge in [0.2, 0.25) is 5.88 Å². The van der Waals surface area contributed by atoms with Gasteiger partial charge in [0, 0.05) is 17.6 Å². The molecular formula is C24H23N5O2. The molecule has 7 nitrogen and oxygen atoms in total. The Kier molecular flexibility index (Phi) is 5.08. The first-order valence-corrected chi connectivity index (χ1v) is 10.5. The Morgan fingerprint density at radius 1 is 0.968 bits per heavy atom. The van der Waals surface area contributed by atoms with Gasteiger partial charge in [0.05, 0.1) is 30.2 Å². The smallest absolute Gasteiger partial charge is 0.256 e. The number of benzene rings is 2. The first-order chi connectivity index (χ1) is 15.2. The Morgan fingerprint density at radius 2 is 1.74 bits per heavy atom. The molecule has 156 valence electrons. The first kappa shape index (κ1) is 19.2. The molecule has 0 radical (unpaired) electrons. The van der Waals surface area contributed by atoms with Gasteiger partial charge in [-0.1, -0.05) is 30.3 Å². The number of likely N-dealkylation sites (tertiary alicyclic amines) is 1. The van der Waals surface area contributed by atoms with E-state index in [1.165, 1.54) is 4.80 Å². The number of hydrogen-bond donors (Lipinski definition) is 0. The van der Waals surface area contributed by atoms with Crippen LogP contribution in [0.15, 0.2) is 73.2 Å². The third-order valence-electron chi connectivity index (χ3n) is 5.78. The number of rotatable bonds is 4. The zero-order valence-corrected chi connectivity index (χ0v) is 17.3. The maximum atomic E-state index is 13.5. The van der Waals surface area contributed by atoms with Gasteiger partial charge >= 0.3 is 0 Å². The Bertz CT molecular complexity index is 1200. The molecule has 1 fully saturated rings. The highest BCUT2D eigenvalue weighted by atomic mass is 16.5. The fraction of sp³-hybridized carbons (Fsp3) is 0.250. The molecule has 0 unspecified atom stereocenters. The molecule has 3 heterocycles. The number of hydrogen-bond acceptors (Lipinski definition) is 5. The van der Waals surface area contributed by atoms with E-state index in [0.29, 0.717) is 23.7 Å². The van der Waals surface area contributed by atoms with Crippen molar-refractivity contribution < 1.29 is 9.53 Å². The van der Waals surface area contributed by atoms with Gasteiger partial charge in [0.1, 0.15) is 6.10 Å². The van der Waals surface area contributed by atoms with Crippen LogP contribution in [0.1, 0.15) is 30.1 Å². The summed E-state index contributed by atoms with van der Waals surface area (Å²) in [6, 6.07) is 17.6. The highest BCUT2D eigenvalue weighted by Crippen LogP contribution is 2.28. The van der Waals surface area contributed by atoms with Gasteiger partial charge in [-0.15, -0.1) is 0 Å². The van der Waals surface area contributed by atoms with Crippen molar-refractivity contribution >= 4 is 16.7 Å². The molecule has 2 atom stereocenters. The van der Waals surface area contributed by atoms with Crippen LogP contribution in [-0.2, 0) is 0 Å². The van der Waals surface area contributed by atoms with E-state index in [4.69, 9.17) is 4.74 Å². The zero-order chi connectivity index (χ0) is 21.2. The SMILES string of the molecule is C[C@H]1CC[C@@H](Oc2nccc3ccccc23)CN1C(=O)c1ccccc1-n1nccn1. The molecule has 1 amide bonds. The number of fused-ring (bicyclic) bond motifs is 1. The number of ether oxygens (including phenoxy) is 1. The van der Waals surface area contributed by atoms with Gasteiger partial charge in [-0.25, -0.2) is 4.98 Å². The summed E-state index contributed by atoms with van der Waals surface area (Å²) in [5, 5.41) is 10.5. The molecule has 4 aromatic rings. The van der Waals surface area contributed by atoms with Crippen molar-refractivity contribution in [1.82, 2.24) is 24.9 Å². The number of amides is 1. The number of pyridine rings is 1. The minimum Gasteiger partial charge on any atom is -0.472 e. The van der Waals surface area contributed by atoms with E-state index in [2.05, 4.69) is 22.1 Å². The average molecular weight is 413 g/mol. The topological polar surface area (TPSA) is 73.1 Å². The van der Waals surface area contributed by atoms with E-state index in [1.807, 2.05) is 59.5 Å². The summed E-state index contributed by atoms with van der Waals surface area (Å²) in [7, 11) is 0. The maximum Gasteiger partial charge on any atom is 0.256 e. The minimum absolute atomic E-state index is 0.0421. The van der Waals surface area contributed by atoms with Gasteiger partial charge in [0.15, 0.2) is 0 Å². The molecule has 0 saturated carbocycles. The molecule has 2 aromatic heterocycles. The first-order valence-electron chi connectivity index (χ1n) is 10.5. The molecule has 0 bridgehead atoms. The fourth-order valence-electron chi connectivity index (χ4n) is 4.12. The molecule has 0 N–H and O–H groups in total. The summed E-state index contributed by atoms with van der Waals surface area (Å²) < 4.78 is 6.30. The second kappa shape index (κ2) is 8.18. The quantitative estimate of drug-likeness (QED) is 0.508. The van der Waals surface area contributed by atoms with Gasteiger partial charge < -0.3 is 9.64 Å². The molecule has 1 saturated heterocycles. The van der Waals surface area contributed by atoms with Crippen molar-refractivity contribution in [3.63, 3.8) is 0 Å². The summed E-state index contributed by atoms with van der Waals surface area (Å²) in [6.45, 7) is 2.59. The number of carbonyl (C=O) groups is 1. The normalized spacial score (nSPS) is 18.8. The van der Waals surface area contributed by atoms with Gasteiger partial charge in [0.25, 0.3) is 5.91 Å². The van der Waals surface area contributed by atoms with E-state index >= 15 is 0 Å². The molecular weight excluding hydrogens is 390 g/mol. The summed E-state index contributed by atoms with van der Waals surface area (Å²) >= 11 is 0. The van der Waals surface area contributed by atoms with E-state index in [0.717, 1.165) is 23.6 Å². The second-order valence-electron chi connectivity index (χ2n) is 7.80. The van der Waals surface area contributed by atoms with Crippen LogP contribution < -0.4 is 4.74 Å². The lowest BCUT2D eigenvalue weighted by Crippen LogP contribution is -2.49. The van der Waals surface area contributed by atoms with Crippen molar-refractivity contribution in [1.29, 1.82) is 0 Å². The van der Waals surface area contributed by atoms with Crippen LogP contribution in [-0.4, -0.2) is 49.5 Å². The predicted molar refractivity (Wildman–Crippen MR) is 117 cm³/mol. The molecule has 31 heavy (non-hydrogen) atoms. The van der Waals surface area contributed by atoms with E-state index in [-0.39, 0.29) is 18.1 Å². The third-order valence-corrected chi connectivity index (χ3v) is 5.78. The standard InChI is InChI=1S/C24H23N5O2/c1-17-10-11-19(31-23-20-7-3-2-6-18(20)12-13-25-23)16-28(17)24(30)21-8-4-5-9-22(21)29-26-14-15-27-29/h2-9,12-15,17,19H,10-11,16H2,1H3/t17-,19+/m0/s1. The van der Waals surface area contributed by atoms with Crippen LogP contribution in [0.4, 0.5) is 0 Å². The van der Waals surface area contributed by atoms with Crippen molar-refractivity contribution in [2.24, 2.45) is 0 Å². The van der Waals surface area contributed by atoms with Crippen molar-refractivity contribution in [2.45, 2.75) is 31.9 Å². The Hall–Kier alpha value is -3.74. The molecule has 0 aliphatic carbocycles. The molecule has 0 spiro atoms. The zero-order valence-electron chi connectivity index (χ0n) is 17.3. The lowest BCUT2D eigenvalue weighted by atomic mass is 9.99. The number of carbonyl (C=O) groups excluding carboxylic acids is 1. The summed E-state index contributed by atoms with van der Waals surface area (Å²) in [4.78, 5) is 21.3. The maximum absolute atomic E-state index is 13.5. The van der Waals surface area contributed by atoms with Crippen LogP contribution in [0.25, 0.3) is 16.5 Å². The van der Waals surface area contributed by atoms with Crippen molar-refractivity contribution in [3.8, 4) is 11.6 Å². The molecule has 7 heteroatoms. The summed E-state index contributed by atoms with van der Waals surface area (Å²) in [5.74, 6) is 0.575. The van der Waals surface area contributed by atoms with Crippen LogP contribution in [0, 0.1) is 0 Å². The Labute approximate surface area is 180 Å². The number of aromatic nitrogens is 4. The highest BCUT2D eigenvalue weighted by Gasteiger charge is 2.32. The third kappa shape index (κ3) is 3.74. The van der Waals surface area contributed by atoms with E-state index < -0.39 is 0 Å². The molecule has 1 aliphatic rings. The summed E-state index contributed by atoms with van der Waals surface area (Å²) in [6.07, 6.45) is 6.59. The van der Waals surface area contributed by atoms with E-state index in [1.54, 1.807) is 18.6 Å². The lowest BCUT2D eigenvalue weighted by Gasteiger charge is -2.38. The average Bonchev–Trinajstić information content (AvgIpc) is 3.35. The molecule has 1 aliphatic heterocycles. The number of para-hydroxylation sites is 1.